The smallest absolute Gasteiger partial charge is 0.266 e. The molecular weight excluding hydrogens is 318 g/mol. The molecule has 6 heteroatoms. The third kappa shape index (κ3) is 4.93. The molecule has 1 saturated heterocycles. The molecular formula is C19H24N3O3+. The predicted octanol–water partition coefficient (Wildman–Crippen LogP) is 0.946. The fraction of sp³-hybridized carbons (Fsp3) is 0.368. The van der Waals surface area contributed by atoms with Gasteiger partial charge in [-0.2, -0.15) is 0 Å². The first-order valence-electron chi connectivity index (χ1n) is 8.61. The van der Waals surface area contributed by atoms with Crippen molar-refractivity contribution in [2.45, 2.75) is 19.6 Å². The van der Waals surface area contributed by atoms with Gasteiger partial charge in [0.2, 0.25) is 6.10 Å². The minimum absolute atomic E-state index is 0.0182. The maximum atomic E-state index is 12.4. The summed E-state index contributed by atoms with van der Waals surface area (Å²) in [4.78, 5) is 21.1. The number of carbonyl (C=O) groups excluding carboxylic acids is 1. The Hall–Kier alpha value is -2.60. The number of piperazine rings is 1. The molecule has 132 valence electrons. The van der Waals surface area contributed by atoms with E-state index in [1.807, 2.05) is 11.0 Å². The van der Waals surface area contributed by atoms with Crippen LogP contribution in [-0.2, 0) is 16.2 Å². The number of furan rings is 1. The van der Waals surface area contributed by atoms with Crippen molar-refractivity contribution in [3.8, 4) is 0 Å². The fourth-order valence-corrected chi connectivity index (χ4v) is 2.95. The van der Waals surface area contributed by atoms with Crippen molar-refractivity contribution in [3.05, 3.63) is 60.1 Å². The number of oxime groups is 1. The van der Waals surface area contributed by atoms with E-state index < -0.39 is 6.10 Å². The number of hydrogen-bond acceptors (Lipinski definition) is 4. The van der Waals surface area contributed by atoms with Crippen LogP contribution in [0, 0.1) is 0 Å². The Morgan fingerprint density at radius 2 is 2.04 bits per heavy atom. The molecule has 1 fully saturated rings. The van der Waals surface area contributed by atoms with E-state index in [-0.39, 0.29) is 5.91 Å². The van der Waals surface area contributed by atoms with Gasteiger partial charge in [0.25, 0.3) is 5.91 Å². The third-order valence-corrected chi connectivity index (χ3v) is 4.37. The zero-order valence-corrected chi connectivity index (χ0v) is 14.4. The minimum atomic E-state index is -0.595. The predicted molar refractivity (Wildman–Crippen MR) is 94.3 cm³/mol. The Kier molecular flexibility index (Phi) is 5.85. The van der Waals surface area contributed by atoms with Crippen LogP contribution in [0.3, 0.4) is 0 Å². The maximum absolute atomic E-state index is 12.4. The van der Waals surface area contributed by atoms with Crippen LogP contribution in [0.5, 0.6) is 0 Å². The summed E-state index contributed by atoms with van der Waals surface area (Å²) in [5.41, 5.74) is 1.33. The lowest BCUT2D eigenvalue weighted by Gasteiger charge is -2.33. The van der Waals surface area contributed by atoms with E-state index in [9.17, 15) is 4.79 Å². The van der Waals surface area contributed by atoms with Gasteiger partial charge in [-0.1, -0.05) is 35.5 Å². The second kappa shape index (κ2) is 8.48. The first-order valence-corrected chi connectivity index (χ1v) is 8.61. The van der Waals surface area contributed by atoms with Crippen LogP contribution < -0.4 is 4.90 Å². The number of quaternary nitrogens is 1. The highest BCUT2D eigenvalue weighted by atomic mass is 16.6. The molecule has 25 heavy (non-hydrogen) atoms. The van der Waals surface area contributed by atoms with Gasteiger partial charge in [0.1, 0.15) is 18.5 Å². The standard InChI is InChI=1S/C19H23N3O3/c1-16(25-20-14-18-8-5-13-24-18)19(23)22-11-9-21(10-12-22)15-17-6-3-2-4-7-17/h2-8,13-14,16H,9-12,15H2,1H3/p+1/b20-14-/t16-/m0/s1. The number of carbonyl (C=O) groups is 1. The SMILES string of the molecule is C[C@H](O/N=C\c1ccco1)C(=O)N1CC[NH+](Cc2ccccc2)CC1. The largest absolute Gasteiger partial charge is 0.463 e. The topological polar surface area (TPSA) is 59.5 Å². The van der Waals surface area contributed by atoms with Crippen LogP contribution in [0.1, 0.15) is 18.2 Å². The quantitative estimate of drug-likeness (QED) is 0.628. The molecule has 1 N–H and O–H groups in total. The second-order valence-corrected chi connectivity index (χ2v) is 6.24. The van der Waals surface area contributed by atoms with Crippen molar-refractivity contribution < 1.29 is 18.9 Å². The molecule has 1 aromatic heterocycles. The molecule has 1 atom stereocenters. The summed E-state index contributed by atoms with van der Waals surface area (Å²) in [6.07, 6.45) is 2.43. The lowest BCUT2D eigenvalue weighted by atomic mass is 10.2. The summed E-state index contributed by atoms with van der Waals surface area (Å²) in [6, 6.07) is 14.0. The summed E-state index contributed by atoms with van der Waals surface area (Å²) in [5, 5.41) is 3.83. The highest BCUT2D eigenvalue weighted by Crippen LogP contribution is 2.03. The van der Waals surface area contributed by atoms with E-state index in [0.29, 0.717) is 5.76 Å². The van der Waals surface area contributed by atoms with Gasteiger partial charge in [-0.25, -0.2) is 0 Å². The van der Waals surface area contributed by atoms with Crippen LogP contribution in [0.25, 0.3) is 0 Å². The second-order valence-electron chi connectivity index (χ2n) is 6.24. The van der Waals surface area contributed by atoms with E-state index in [4.69, 9.17) is 9.25 Å². The van der Waals surface area contributed by atoms with Crippen molar-refractivity contribution in [2.24, 2.45) is 5.16 Å². The molecule has 0 saturated carbocycles. The average Bonchev–Trinajstić information content (AvgIpc) is 3.16. The van der Waals surface area contributed by atoms with E-state index in [0.717, 1.165) is 32.7 Å². The lowest BCUT2D eigenvalue weighted by molar-refractivity contribution is -0.917. The first kappa shape index (κ1) is 17.2. The van der Waals surface area contributed by atoms with Crippen molar-refractivity contribution >= 4 is 12.1 Å². The summed E-state index contributed by atoms with van der Waals surface area (Å²) in [6.45, 7) is 6.12. The van der Waals surface area contributed by atoms with Crippen molar-refractivity contribution in [1.82, 2.24) is 4.90 Å². The molecule has 0 spiro atoms. The average molecular weight is 342 g/mol. The van der Waals surface area contributed by atoms with Gasteiger partial charge in [0, 0.05) is 5.56 Å². The number of hydrogen-bond donors (Lipinski definition) is 1. The molecule has 0 radical (unpaired) electrons. The molecule has 0 unspecified atom stereocenters. The van der Waals surface area contributed by atoms with E-state index in [2.05, 4.69) is 29.4 Å². The summed E-state index contributed by atoms with van der Waals surface area (Å²) < 4.78 is 5.13. The Balaban J connectivity index is 1.43. The Labute approximate surface area is 147 Å². The zero-order valence-electron chi connectivity index (χ0n) is 14.4. The van der Waals surface area contributed by atoms with Gasteiger partial charge in [0.05, 0.1) is 32.4 Å². The van der Waals surface area contributed by atoms with Crippen molar-refractivity contribution in [1.29, 1.82) is 0 Å². The van der Waals surface area contributed by atoms with E-state index in [1.165, 1.54) is 16.7 Å². The number of benzene rings is 1. The molecule has 3 rings (SSSR count). The number of nitrogens with one attached hydrogen (secondary N) is 1. The summed E-state index contributed by atoms with van der Waals surface area (Å²) in [7, 11) is 0. The number of amides is 1. The van der Waals surface area contributed by atoms with Crippen molar-refractivity contribution in [2.75, 3.05) is 26.2 Å². The fourth-order valence-electron chi connectivity index (χ4n) is 2.95. The molecule has 2 heterocycles. The Morgan fingerprint density at radius 1 is 1.28 bits per heavy atom. The molecule has 1 aliphatic heterocycles. The number of rotatable bonds is 6. The van der Waals surface area contributed by atoms with Crippen LogP contribution in [0.2, 0.25) is 0 Å². The monoisotopic (exact) mass is 342 g/mol. The normalized spacial score (nSPS) is 16.9. The molecule has 2 aromatic rings. The van der Waals surface area contributed by atoms with Crippen LogP contribution in [0.4, 0.5) is 0 Å². The molecule has 0 bridgehead atoms. The van der Waals surface area contributed by atoms with E-state index >= 15 is 0 Å². The maximum Gasteiger partial charge on any atom is 0.266 e. The first-order chi connectivity index (χ1) is 12.2. The Bertz CT molecular complexity index is 677. The van der Waals surface area contributed by atoms with Gasteiger partial charge < -0.3 is 19.1 Å². The van der Waals surface area contributed by atoms with Gasteiger partial charge in [-0.05, 0) is 19.1 Å². The highest BCUT2D eigenvalue weighted by Gasteiger charge is 2.27. The highest BCUT2D eigenvalue weighted by molar-refractivity contribution is 5.81. The van der Waals surface area contributed by atoms with Gasteiger partial charge >= 0.3 is 0 Å². The summed E-state index contributed by atoms with van der Waals surface area (Å²) >= 11 is 0. The van der Waals surface area contributed by atoms with Crippen LogP contribution in [-0.4, -0.2) is 49.3 Å². The molecule has 1 amide bonds. The number of nitrogens with zero attached hydrogens (tertiary/aromatic N) is 2. The Morgan fingerprint density at radius 3 is 2.72 bits per heavy atom. The minimum Gasteiger partial charge on any atom is -0.463 e. The molecule has 6 nitrogen and oxygen atoms in total. The molecule has 1 aromatic carbocycles. The molecule has 0 aliphatic carbocycles. The van der Waals surface area contributed by atoms with Crippen molar-refractivity contribution in [3.63, 3.8) is 0 Å². The third-order valence-electron chi connectivity index (χ3n) is 4.37. The van der Waals surface area contributed by atoms with Crippen LogP contribution >= 0.6 is 0 Å². The lowest BCUT2D eigenvalue weighted by Crippen LogP contribution is -3.13. The van der Waals surface area contributed by atoms with E-state index in [1.54, 1.807) is 25.3 Å². The zero-order chi connectivity index (χ0) is 17.5. The van der Waals surface area contributed by atoms with Gasteiger partial charge in [-0.3, -0.25) is 4.79 Å². The van der Waals surface area contributed by atoms with Crippen LogP contribution in [0.15, 0.2) is 58.3 Å². The molecule has 1 aliphatic rings. The van der Waals surface area contributed by atoms with Gasteiger partial charge in [-0.15, -0.1) is 0 Å². The van der Waals surface area contributed by atoms with Gasteiger partial charge in [0.15, 0.2) is 0 Å². The summed E-state index contributed by atoms with van der Waals surface area (Å²) in [5.74, 6) is 0.577.